The number of nitrogens with zero attached hydrogens (tertiary/aromatic N) is 1. The van der Waals surface area contributed by atoms with E-state index < -0.39 is 17.6 Å². The summed E-state index contributed by atoms with van der Waals surface area (Å²) in [5, 5.41) is 14.6. The number of nitrogens with one attached hydrogen (secondary N) is 2. The predicted octanol–water partition coefficient (Wildman–Crippen LogP) is 3.84. The molecule has 0 atom stereocenters. The lowest BCUT2D eigenvalue weighted by Crippen LogP contribution is -2.56. The van der Waals surface area contributed by atoms with Gasteiger partial charge in [-0.05, 0) is 41.5 Å². The molecule has 1 heterocycles. The third-order valence-electron chi connectivity index (χ3n) is 6.81. The lowest BCUT2D eigenvalue weighted by Gasteiger charge is -2.41. The first-order valence-electron chi connectivity index (χ1n) is 11.5. The first-order valence-corrected chi connectivity index (χ1v) is 11.5. The first-order chi connectivity index (χ1) is 17.0. The van der Waals surface area contributed by atoms with Crippen molar-refractivity contribution in [1.82, 2.24) is 15.6 Å². The molecule has 0 bridgehead atoms. The molecule has 2 aliphatic carbocycles. The van der Waals surface area contributed by atoms with Gasteiger partial charge in [0.05, 0.1) is 12.1 Å². The van der Waals surface area contributed by atoms with Gasteiger partial charge in [0.25, 0.3) is 0 Å². The number of rotatable bonds is 8. The second-order valence-electron chi connectivity index (χ2n) is 8.97. The lowest BCUT2D eigenvalue weighted by atomic mass is 9.74. The number of carbonyl (C=O) groups is 3. The maximum absolute atomic E-state index is 12.7. The van der Waals surface area contributed by atoms with E-state index in [0.717, 1.165) is 35.1 Å². The summed E-state index contributed by atoms with van der Waals surface area (Å²) < 4.78 is 10.7. The summed E-state index contributed by atoms with van der Waals surface area (Å²) in [6.07, 6.45) is 2.75. The van der Waals surface area contributed by atoms with E-state index in [2.05, 4.69) is 39.9 Å². The first kappa shape index (κ1) is 22.6. The van der Waals surface area contributed by atoms with Crippen LogP contribution < -0.4 is 10.6 Å². The molecular formula is C26H25N3O6. The van der Waals surface area contributed by atoms with Crippen LogP contribution >= 0.6 is 0 Å². The van der Waals surface area contributed by atoms with Gasteiger partial charge in [0, 0.05) is 12.3 Å². The van der Waals surface area contributed by atoms with Crippen molar-refractivity contribution in [1.29, 1.82) is 0 Å². The molecule has 0 saturated heterocycles. The molecule has 35 heavy (non-hydrogen) atoms. The maximum atomic E-state index is 12.7. The predicted molar refractivity (Wildman–Crippen MR) is 125 cm³/mol. The van der Waals surface area contributed by atoms with Crippen LogP contribution in [0.5, 0.6) is 0 Å². The number of hydrogen-bond acceptors (Lipinski definition) is 6. The summed E-state index contributed by atoms with van der Waals surface area (Å²) in [6.45, 7) is 0.104. The van der Waals surface area contributed by atoms with Crippen LogP contribution in [0.4, 0.5) is 4.79 Å². The number of amides is 2. The monoisotopic (exact) mass is 475 g/mol. The Morgan fingerprint density at radius 3 is 2.31 bits per heavy atom. The smallest absolute Gasteiger partial charge is 0.407 e. The van der Waals surface area contributed by atoms with Crippen molar-refractivity contribution in [3.05, 3.63) is 77.5 Å². The van der Waals surface area contributed by atoms with E-state index in [1.165, 1.54) is 0 Å². The molecule has 0 radical (unpaired) electrons. The number of carbonyl (C=O) groups excluding carboxylic acids is 2. The van der Waals surface area contributed by atoms with Gasteiger partial charge < -0.3 is 24.9 Å². The highest BCUT2D eigenvalue weighted by Crippen LogP contribution is 2.44. The van der Waals surface area contributed by atoms with Crippen LogP contribution in [0.1, 0.15) is 59.0 Å². The summed E-state index contributed by atoms with van der Waals surface area (Å²) in [5.74, 6) is -1.52. The third-order valence-corrected chi connectivity index (χ3v) is 6.81. The molecule has 0 unspecified atom stereocenters. The fourth-order valence-electron chi connectivity index (χ4n) is 4.92. The molecule has 1 aromatic heterocycles. The SMILES string of the molecule is O=C(CC1(NC(=O)OCC2c3ccccc3-c3ccccc32)CCC1)NCc1ocnc1C(=O)O. The molecule has 1 fully saturated rings. The Morgan fingerprint density at radius 2 is 1.71 bits per heavy atom. The maximum Gasteiger partial charge on any atom is 0.407 e. The number of hydrogen-bond donors (Lipinski definition) is 3. The highest BCUT2D eigenvalue weighted by molar-refractivity contribution is 5.86. The number of carboxylic acids is 1. The van der Waals surface area contributed by atoms with E-state index >= 15 is 0 Å². The highest BCUT2D eigenvalue weighted by atomic mass is 16.5. The summed E-state index contributed by atoms with van der Waals surface area (Å²) >= 11 is 0. The molecule has 3 aromatic rings. The van der Waals surface area contributed by atoms with Crippen molar-refractivity contribution in [3.63, 3.8) is 0 Å². The zero-order chi connectivity index (χ0) is 24.4. The Bertz CT molecular complexity index is 1230. The van der Waals surface area contributed by atoms with Gasteiger partial charge in [0.15, 0.2) is 17.8 Å². The molecule has 9 heteroatoms. The zero-order valence-electron chi connectivity index (χ0n) is 19.0. The van der Waals surface area contributed by atoms with Crippen molar-refractivity contribution in [2.24, 2.45) is 0 Å². The normalized spacial score (nSPS) is 15.4. The average molecular weight is 476 g/mol. The molecule has 2 amide bonds. The van der Waals surface area contributed by atoms with Crippen LogP contribution in [-0.4, -0.2) is 40.2 Å². The van der Waals surface area contributed by atoms with Crippen molar-refractivity contribution in [3.8, 4) is 11.1 Å². The molecule has 2 aliphatic rings. The van der Waals surface area contributed by atoms with Crippen molar-refractivity contribution in [2.45, 2.75) is 43.7 Å². The number of fused-ring (bicyclic) bond motifs is 3. The largest absolute Gasteiger partial charge is 0.476 e. The second-order valence-corrected chi connectivity index (χ2v) is 8.97. The Labute approximate surface area is 201 Å². The molecule has 0 spiro atoms. The van der Waals surface area contributed by atoms with Gasteiger partial charge in [-0.25, -0.2) is 14.6 Å². The molecule has 1 saturated carbocycles. The van der Waals surface area contributed by atoms with E-state index in [0.29, 0.717) is 12.8 Å². The molecule has 9 nitrogen and oxygen atoms in total. The Morgan fingerprint density at radius 1 is 1.06 bits per heavy atom. The topological polar surface area (TPSA) is 131 Å². The van der Waals surface area contributed by atoms with Gasteiger partial charge in [-0.15, -0.1) is 0 Å². The number of benzene rings is 2. The van der Waals surface area contributed by atoms with E-state index in [1.54, 1.807) is 0 Å². The Hall–Kier alpha value is -4.14. The number of alkyl carbamates (subject to hydrolysis) is 1. The molecule has 2 aromatic carbocycles. The standard InChI is InChI=1S/C26H25N3O6/c30-22(27-13-21-23(24(31)32)28-15-35-21)12-26(10-5-11-26)29-25(33)34-14-20-18-8-3-1-6-16(18)17-7-2-4-9-19(17)20/h1-4,6-9,15,20H,5,10-14H2,(H,27,30)(H,29,33)(H,31,32). The summed E-state index contributed by atoms with van der Waals surface area (Å²) in [7, 11) is 0. The molecule has 180 valence electrons. The minimum atomic E-state index is -1.23. The zero-order valence-corrected chi connectivity index (χ0v) is 19.0. The number of aromatic nitrogens is 1. The lowest BCUT2D eigenvalue weighted by molar-refractivity contribution is -0.123. The minimum Gasteiger partial charge on any atom is -0.476 e. The van der Waals surface area contributed by atoms with E-state index in [4.69, 9.17) is 14.3 Å². The number of oxazole rings is 1. The summed E-state index contributed by atoms with van der Waals surface area (Å²) in [6, 6.07) is 16.2. The van der Waals surface area contributed by atoms with Gasteiger partial charge in [-0.3, -0.25) is 4.79 Å². The fraction of sp³-hybridized carbons (Fsp3) is 0.308. The quantitative estimate of drug-likeness (QED) is 0.451. The van der Waals surface area contributed by atoms with Crippen LogP contribution in [-0.2, 0) is 16.1 Å². The van der Waals surface area contributed by atoms with E-state index in [1.807, 2.05) is 24.3 Å². The summed E-state index contributed by atoms with van der Waals surface area (Å²) in [4.78, 5) is 40.0. The van der Waals surface area contributed by atoms with E-state index in [9.17, 15) is 14.4 Å². The van der Waals surface area contributed by atoms with Crippen LogP contribution in [0.25, 0.3) is 11.1 Å². The van der Waals surface area contributed by atoms with Crippen LogP contribution in [0.15, 0.2) is 59.3 Å². The van der Waals surface area contributed by atoms with Gasteiger partial charge in [-0.1, -0.05) is 48.5 Å². The van der Waals surface area contributed by atoms with E-state index in [-0.39, 0.29) is 42.9 Å². The molecular weight excluding hydrogens is 450 g/mol. The number of aromatic carboxylic acids is 1. The van der Waals surface area contributed by atoms with Gasteiger partial charge >= 0.3 is 12.1 Å². The van der Waals surface area contributed by atoms with Gasteiger partial charge in [0.1, 0.15) is 6.61 Å². The number of ether oxygens (including phenoxy) is 1. The average Bonchev–Trinajstić information content (AvgIpc) is 3.43. The van der Waals surface area contributed by atoms with Gasteiger partial charge in [-0.2, -0.15) is 0 Å². The molecule has 3 N–H and O–H groups in total. The molecule has 0 aliphatic heterocycles. The third kappa shape index (κ3) is 4.49. The van der Waals surface area contributed by atoms with Crippen molar-refractivity contribution >= 4 is 18.0 Å². The second kappa shape index (κ2) is 9.25. The highest BCUT2D eigenvalue weighted by Gasteiger charge is 2.41. The molecule has 5 rings (SSSR count). The Balaban J connectivity index is 1.17. The minimum absolute atomic E-state index is 0.0425. The van der Waals surface area contributed by atoms with Crippen molar-refractivity contribution in [2.75, 3.05) is 6.61 Å². The van der Waals surface area contributed by atoms with Crippen LogP contribution in [0.2, 0.25) is 0 Å². The van der Waals surface area contributed by atoms with Crippen LogP contribution in [0, 0.1) is 0 Å². The fourth-order valence-corrected chi connectivity index (χ4v) is 4.92. The van der Waals surface area contributed by atoms with Crippen LogP contribution in [0.3, 0.4) is 0 Å². The van der Waals surface area contributed by atoms with Gasteiger partial charge in [0.2, 0.25) is 5.91 Å². The van der Waals surface area contributed by atoms with Crippen molar-refractivity contribution < 1.29 is 28.6 Å². The Kier molecular flexibility index (Phi) is 5.98. The number of carboxylic acid groups (broad SMARTS) is 1. The summed E-state index contributed by atoms with van der Waals surface area (Å²) in [5.41, 5.74) is 3.66.